The maximum Gasteiger partial charge on any atom is 0.275 e. The molecule has 0 spiro atoms. The number of carbonyl (C=O) groups excluding carboxylic acids is 1. The van der Waals surface area contributed by atoms with Gasteiger partial charge in [0.2, 0.25) is 0 Å². The minimum absolute atomic E-state index is 0.186. The van der Waals surface area contributed by atoms with Gasteiger partial charge in [-0.3, -0.25) is 14.6 Å². The number of amides is 1. The first kappa shape index (κ1) is 18.6. The highest BCUT2D eigenvalue weighted by atomic mass is 16.3. The number of aryl methyl sites for hydroxylation is 2. The fourth-order valence-corrected chi connectivity index (χ4v) is 3.30. The Morgan fingerprint density at radius 1 is 1.10 bits per heavy atom. The van der Waals surface area contributed by atoms with Crippen molar-refractivity contribution in [3.8, 4) is 0 Å². The third-order valence-electron chi connectivity index (χ3n) is 4.68. The zero-order valence-electron chi connectivity index (χ0n) is 16.2. The summed E-state index contributed by atoms with van der Waals surface area (Å²) in [5, 5.41) is 8.67. The third kappa shape index (κ3) is 3.80. The molecule has 0 aliphatic rings. The lowest BCUT2D eigenvalue weighted by molar-refractivity contribution is 0.0949. The van der Waals surface area contributed by atoms with Crippen LogP contribution in [-0.4, -0.2) is 20.7 Å². The Labute approximate surface area is 167 Å². The number of furan rings is 1. The SMILES string of the molecule is Cc1cc(C(=O)NCc2nn(Cc3ccccn3)c(=O)c3ccccc23)c(C)o1. The van der Waals surface area contributed by atoms with Gasteiger partial charge in [0.15, 0.2) is 0 Å². The molecule has 1 N–H and O–H groups in total. The maximum atomic E-state index is 12.9. The average Bonchev–Trinajstić information content (AvgIpc) is 3.08. The molecule has 4 aromatic rings. The number of aromatic nitrogens is 3. The highest BCUT2D eigenvalue weighted by Gasteiger charge is 2.16. The molecule has 4 rings (SSSR count). The number of fused-ring (bicyclic) bond motifs is 1. The zero-order valence-corrected chi connectivity index (χ0v) is 16.2. The summed E-state index contributed by atoms with van der Waals surface area (Å²) in [6.45, 7) is 3.99. The number of pyridine rings is 1. The first-order chi connectivity index (χ1) is 14.0. The Morgan fingerprint density at radius 2 is 1.86 bits per heavy atom. The summed E-state index contributed by atoms with van der Waals surface area (Å²) >= 11 is 0. The zero-order chi connectivity index (χ0) is 20.4. The minimum atomic E-state index is -0.243. The van der Waals surface area contributed by atoms with Crippen LogP contribution in [0.4, 0.5) is 0 Å². The summed E-state index contributed by atoms with van der Waals surface area (Å²) in [7, 11) is 0. The summed E-state index contributed by atoms with van der Waals surface area (Å²) in [4.78, 5) is 29.7. The lowest BCUT2D eigenvalue weighted by Gasteiger charge is -2.11. The second-order valence-corrected chi connectivity index (χ2v) is 6.79. The van der Waals surface area contributed by atoms with Crippen molar-refractivity contribution < 1.29 is 9.21 Å². The van der Waals surface area contributed by atoms with Gasteiger partial charge in [0.05, 0.1) is 35.4 Å². The first-order valence-corrected chi connectivity index (χ1v) is 9.27. The van der Waals surface area contributed by atoms with Crippen LogP contribution in [-0.2, 0) is 13.1 Å². The summed E-state index contributed by atoms with van der Waals surface area (Å²) in [6, 6.07) is 14.5. The van der Waals surface area contributed by atoms with Gasteiger partial charge in [-0.05, 0) is 38.1 Å². The molecule has 3 heterocycles. The molecule has 1 aromatic carbocycles. The van der Waals surface area contributed by atoms with E-state index in [2.05, 4.69) is 15.4 Å². The number of rotatable bonds is 5. The van der Waals surface area contributed by atoms with Crippen LogP contribution in [0.5, 0.6) is 0 Å². The second kappa shape index (κ2) is 7.71. The van der Waals surface area contributed by atoms with E-state index in [4.69, 9.17) is 4.42 Å². The molecule has 7 nitrogen and oxygen atoms in total. The molecule has 0 radical (unpaired) electrons. The summed E-state index contributed by atoms with van der Waals surface area (Å²) in [5.41, 5.74) is 1.65. The Bertz CT molecular complexity index is 1240. The van der Waals surface area contributed by atoms with Crippen LogP contribution in [0.3, 0.4) is 0 Å². The number of benzene rings is 1. The average molecular weight is 388 g/mol. The van der Waals surface area contributed by atoms with Gasteiger partial charge in [0, 0.05) is 11.6 Å². The van der Waals surface area contributed by atoms with Crippen molar-refractivity contribution in [2.45, 2.75) is 26.9 Å². The largest absolute Gasteiger partial charge is 0.466 e. The Hall–Kier alpha value is -3.74. The Morgan fingerprint density at radius 3 is 2.55 bits per heavy atom. The van der Waals surface area contributed by atoms with Gasteiger partial charge >= 0.3 is 0 Å². The van der Waals surface area contributed by atoms with Gasteiger partial charge in [-0.2, -0.15) is 5.10 Å². The molecule has 0 bridgehead atoms. The van der Waals surface area contributed by atoms with Crippen molar-refractivity contribution in [1.82, 2.24) is 20.1 Å². The van der Waals surface area contributed by atoms with Gasteiger partial charge in [0.1, 0.15) is 11.5 Å². The van der Waals surface area contributed by atoms with E-state index in [1.807, 2.05) is 36.4 Å². The van der Waals surface area contributed by atoms with Gasteiger partial charge < -0.3 is 9.73 Å². The second-order valence-electron chi connectivity index (χ2n) is 6.79. The van der Waals surface area contributed by atoms with Crippen molar-refractivity contribution in [3.63, 3.8) is 0 Å². The summed E-state index contributed by atoms with van der Waals surface area (Å²) < 4.78 is 6.82. The quantitative estimate of drug-likeness (QED) is 0.568. The highest BCUT2D eigenvalue weighted by molar-refractivity contribution is 5.95. The summed E-state index contributed by atoms with van der Waals surface area (Å²) in [5.74, 6) is 1.01. The van der Waals surface area contributed by atoms with E-state index in [0.29, 0.717) is 28.2 Å². The van der Waals surface area contributed by atoms with E-state index >= 15 is 0 Å². The first-order valence-electron chi connectivity index (χ1n) is 9.27. The normalized spacial score (nSPS) is 11.0. The van der Waals surface area contributed by atoms with Crippen molar-refractivity contribution in [2.75, 3.05) is 0 Å². The molecule has 0 aliphatic heterocycles. The lowest BCUT2D eigenvalue weighted by Crippen LogP contribution is -2.29. The fraction of sp³-hybridized carbons (Fsp3) is 0.182. The number of nitrogens with zero attached hydrogens (tertiary/aromatic N) is 3. The van der Waals surface area contributed by atoms with E-state index in [0.717, 1.165) is 11.1 Å². The monoisotopic (exact) mass is 388 g/mol. The molecule has 0 unspecified atom stereocenters. The number of hydrogen-bond acceptors (Lipinski definition) is 5. The molecule has 1 amide bonds. The number of hydrogen-bond donors (Lipinski definition) is 1. The molecule has 0 saturated heterocycles. The Kier molecular flexibility index (Phi) is 4.95. The standard InChI is InChI=1S/C22H20N4O3/c1-14-11-19(15(2)29-14)21(27)24-12-20-17-8-3-4-9-18(17)22(28)26(25-20)13-16-7-5-6-10-23-16/h3-11H,12-13H2,1-2H3,(H,24,27). The molecule has 0 saturated carbocycles. The van der Waals surface area contributed by atoms with Crippen LogP contribution in [0.2, 0.25) is 0 Å². The van der Waals surface area contributed by atoms with Crippen LogP contribution >= 0.6 is 0 Å². The summed E-state index contributed by atoms with van der Waals surface area (Å²) in [6.07, 6.45) is 1.68. The molecular weight excluding hydrogens is 368 g/mol. The molecule has 146 valence electrons. The van der Waals surface area contributed by atoms with E-state index in [9.17, 15) is 9.59 Å². The molecular formula is C22H20N4O3. The molecule has 0 fully saturated rings. The smallest absolute Gasteiger partial charge is 0.275 e. The molecule has 0 atom stereocenters. The van der Waals surface area contributed by atoms with Crippen LogP contribution in [0.15, 0.2) is 63.9 Å². The van der Waals surface area contributed by atoms with Crippen molar-refractivity contribution in [2.24, 2.45) is 0 Å². The van der Waals surface area contributed by atoms with Crippen molar-refractivity contribution in [3.05, 3.63) is 93.6 Å². The Balaban J connectivity index is 1.67. The number of carbonyl (C=O) groups is 1. The fourth-order valence-electron chi connectivity index (χ4n) is 3.30. The third-order valence-corrected chi connectivity index (χ3v) is 4.68. The van der Waals surface area contributed by atoms with Crippen LogP contribution < -0.4 is 10.9 Å². The topological polar surface area (TPSA) is 90.0 Å². The van der Waals surface area contributed by atoms with Crippen LogP contribution in [0, 0.1) is 13.8 Å². The lowest BCUT2D eigenvalue weighted by atomic mass is 10.1. The maximum absolute atomic E-state index is 12.9. The molecule has 0 aliphatic carbocycles. The van der Waals surface area contributed by atoms with Gasteiger partial charge in [-0.15, -0.1) is 0 Å². The van der Waals surface area contributed by atoms with Gasteiger partial charge in [0.25, 0.3) is 11.5 Å². The van der Waals surface area contributed by atoms with Crippen molar-refractivity contribution in [1.29, 1.82) is 0 Å². The van der Waals surface area contributed by atoms with E-state index in [1.165, 1.54) is 4.68 Å². The predicted octanol–water partition coefficient (Wildman–Crippen LogP) is 2.98. The van der Waals surface area contributed by atoms with Gasteiger partial charge in [-0.25, -0.2) is 4.68 Å². The van der Waals surface area contributed by atoms with Crippen molar-refractivity contribution >= 4 is 16.7 Å². The molecule has 7 heteroatoms. The van der Waals surface area contributed by atoms with E-state index < -0.39 is 0 Å². The van der Waals surface area contributed by atoms with Gasteiger partial charge in [-0.1, -0.05) is 24.3 Å². The highest BCUT2D eigenvalue weighted by Crippen LogP contribution is 2.16. The van der Waals surface area contributed by atoms with Crippen LogP contribution in [0.25, 0.3) is 10.8 Å². The molecule has 29 heavy (non-hydrogen) atoms. The van der Waals surface area contributed by atoms with E-state index in [-0.39, 0.29) is 24.6 Å². The molecule has 3 aromatic heterocycles. The van der Waals surface area contributed by atoms with E-state index in [1.54, 1.807) is 32.2 Å². The minimum Gasteiger partial charge on any atom is -0.466 e. The van der Waals surface area contributed by atoms with Crippen LogP contribution in [0.1, 0.15) is 33.3 Å². The predicted molar refractivity (Wildman–Crippen MR) is 109 cm³/mol. The number of nitrogens with one attached hydrogen (secondary N) is 1.